The van der Waals surface area contributed by atoms with Gasteiger partial charge in [0, 0.05) is 23.6 Å². The third-order valence-corrected chi connectivity index (χ3v) is 4.20. The van der Waals surface area contributed by atoms with Gasteiger partial charge in [0.2, 0.25) is 5.91 Å². The van der Waals surface area contributed by atoms with Crippen molar-refractivity contribution < 1.29 is 13.9 Å². The topological polar surface area (TPSA) is 102 Å². The molecule has 0 atom stereocenters. The predicted octanol–water partition coefficient (Wildman–Crippen LogP) is 2.75. The lowest BCUT2D eigenvalue weighted by molar-refractivity contribution is -0.119. The molecule has 1 amide bonds. The summed E-state index contributed by atoms with van der Waals surface area (Å²) < 4.78 is 19.6. The summed E-state index contributed by atoms with van der Waals surface area (Å²) in [5.41, 5.74) is 6.81. The minimum atomic E-state index is -0.574. The molecule has 27 heavy (non-hydrogen) atoms. The molecule has 0 saturated heterocycles. The minimum Gasteiger partial charge on any atom is -0.496 e. The first-order valence-electron chi connectivity index (χ1n) is 8.03. The third-order valence-electron chi connectivity index (χ3n) is 3.90. The predicted molar refractivity (Wildman–Crippen MR) is 102 cm³/mol. The number of ether oxygens (including phenoxy) is 1. The van der Waals surface area contributed by atoms with E-state index < -0.39 is 5.82 Å². The van der Waals surface area contributed by atoms with E-state index in [9.17, 15) is 9.18 Å². The molecule has 9 heteroatoms. The molecule has 3 aromatic rings. The van der Waals surface area contributed by atoms with Crippen molar-refractivity contribution in [3.8, 4) is 5.75 Å². The van der Waals surface area contributed by atoms with Crippen LogP contribution in [0.25, 0.3) is 10.9 Å². The van der Waals surface area contributed by atoms with Crippen LogP contribution < -0.4 is 21.1 Å². The quantitative estimate of drug-likeness (QED) is 0.599. The molecule has 2 aromatic carbocycles. The normalized spacial score (nSPS) is 10.7. The maximum Gasteiger partial charge on any atom is 0.234 e. The fraction of sp³-hybridized carbons (Fsp3) is 0.167. The Labute approximate surface area is 159 Å². The molecule has 1 heterocycles. The largest absolute Gasteiger partial charge is 0.496 e. The van der Waals surface area contributed by atoms with Crippen LogP contribution in [0.3, 0.4) is 0 Å². The molecule has 0 saturated carbocycles. The molecule has 0 unspecified atom stereocenters. The summed E-state index contributed by atoms with van der Waals surface area (Å²) in [6.07, 6.45) is 1.36. The van der Waals surface area contributed by atoms with Crippen molar-refractivity contribution in [1.29, 1.82) is 0 Å². The smallest absolute Gasteiger partial charge is 0.234 e. The number of amides is 1. The Kier molecular flexibility index (Phi) is 5.68. The first kappa shape index (κ1) is 18.8. The van der Waals surface area contributed by atoms with Gasteiger partial charge >= 0.3 is 0 Å². The molecule has 4 N–H and O–H groups in total. The number of hydrogen-bond acceptors (Lipinski definition) is 6. The van der Waals surface area contributed by atoms with Crippen molar-refractivity contribution in [3.63, 3.8) is 0 Å². The average molecular weight is 390 g/mol. The maximum atomic E-state index is 14.2. The van der Waals surface area contributed by atoms with Gasteiger partial charge in [-0.3, -0.25) is 4.79 Å². The zero-order valence-corrected chi connectivity index (χ0v) is 15.2. The van der Waals surface area contributed by atoms with Gasteiger partial charge in [0.05, 0.1) is 29.9 Å². The van der Waals surface area contributed by atoms with E-state index >= 15 is 0 Å². The van der Waals surface area contributed by atoms with E-state index in [0.717, 1.165) is 0 Å². The first-order valence-corrected chi connectivity index (χ1v) is 8.40. The second kappa shape index (κ2) is 8.15. The second-order valence-corrected chi connectivity index (χ2v) is 6.02. The highest BCUT2D eigenvalue weighted by molar-refractivity contribution is 6.31. The molecule has 140 valence electrons. The number of rotatable bonds is 6. The summed E-state index contributed by atoms with van der Waals surface area (Å²) >= 11 is 5.83. The number of carbonyl (C=O) groups is 1. The lowest BCUT2D eigenvalue weighted by atomic mass is 10.1. The monoisotopic (exact) mass is 389 g/mol. The summed E-state index contributed by atoms with van der Waals surface area (Å²) in [4.78, 5) is 19.9. The van der Waals surface area contributed by atoms with Crippen LogP contribution in [-0.2, 0) is 11.3 Å². The highest BCUT2D eigenvalue weighted by Gasteiger charge is 2.13. The number of aromatic nitrogens is 2. The second-order valence-electron chi connectivity index (χ2n) is 5.61. The highest BCUT2D eigenvalue weighted by atomic mass is 35.5. The van der Waals surface area contributed by atoms with Crippen molar-refractivity contribution in [2.45, 2.75) is 6.54 Å². The molecule has 1 aromatic heterocycles. The van der Waals surface area contributed by atoms with Gasteiger partial charge in [0.1, 0.15) is 17.9 Å². The Balaban J connectivity index is 2.03. The fourth-order valence-corrected chi connectivity index (χ4v) is 2.72. The molecule has 0 aliphatic carbocycles. The van der Waals surface area contributed by atoms with Crippen LogP contribution in [0.2, 0.25) is 5.02 Å². The molecule has 0 radical (unpaired) electrons. The number of carbonyl (C=O) groups excluding carboxylic acids is 1. The van der Waals surface area contributed by atoms with Gasteiger partial charge in [-0.2, -0.15) is 0 Å². The average Bonchev–Trinajstić information content (AvgIpc) is 2.69. The van der Waals surface area contributed by atoms with E-state index in [4.69, 9.17) is 22.1 Å². The molecule has 0 bridgehead atoms. The first-order chi connectivity index (χ1) is 13.0. The van der Waals surface area contributed by atoms with Gasteiger partial charge in [0.25, 0.3) is 0 Å². The number of hydrogen-bond donors (Lipinski definition) is 3. The van der Waals surface area contributed by atoms with Gasteiger partial charge in [-0.1, -0.05) is 17.7 Å². The van der Waals surface area contributed by atoms with Gasteiger partial charge < -0.3 is 21.1 Å². The summed E-state index contributed by atoms with van der Waals surface area (Å²) in [5.74, 6) is 0.0873. The molecule has 0 aliphatic rings. The SMILES string of the molecule is COc1cc2ncnc(Nc3cccc(Cl)c3F)c2cc1CNC(=O)CN. The van der Waals surface area contributed by atoms with Crippen molar-refractivity contribution in [2.24, 2.45) is 5.73 Å². The zero-order valence-electron chi connectivity index (χ0n) is 14.4. The number of methoxy groups -OCH3 is 1. The number of nitrogens with zero attached hydrogens (tertiary/aromatic N) is 2. The van der Waals surface area contributed by atoms with Crippen LogP contribution in [0.1, 0.15) is 5.56 Å². The Morgan fingerprint density at radius 3 is 2.89 bits per heavy atom. The molecule has 0 fully saturated rings. The molecule has 0 aliphatic heterocycles. The van der Waals surface area contributed by atoms with Gasteiger partial charge in [-0.25, -0.2) is 14.4 Å². The molecule has 3 rings (SSSR count). The summed E-state index contributed by atoms with van der Waals surface area (Å²) in [7, 11) is 1.52. The number of fused-ring (bicyclic) bond motifs is 1. The van der Waals surface area contributed by atoms with Gasteiger partial charge in [0.15, 0.2) is 5.82 Å². The lowest BCUT2D eigenvalue weighted by Crippen LogP contribution is -2.29. The fourth-order valence-electron chi connectivity index (χ4n) is 2.55. The number of anilines is 2. The Morgan fingerprint density at radius 2 is 2.15 bits per heavy atom. The van der Waals surface area contributed by atoms with Crippen LogP contribution >= 0.6 is 11.6 Å². The Hall–Kier alpha value is -2.97. The summed E-state index contributed by atoms with van der Waals surface area (Å²) in [5, 5.41) is 6.27. The van der Waals surface area contributed by atoms with Crippen molar-refractivity contribution in [2.75, 3.05) is 19.0 Å². The van der Waals surface area contributed by atoms with Crippen LogP contribution in [0.5, 0.6) is 5.75 Å². The van der Waals surface area contributed by atoms with Crippen molar-refractivity contribution >= 4 is 39.9 Å². The number of nitrogens with one attached hydrogen (secondary N) is 2. The Bertz CT molecular complexity index is 999. The van der Waals surface area contributed by atoms with Crippen LogP contribution in [0.4, 0.5) is 15.9 Å². The maximum absolute atomic E-state index is 14.2. The van der Waals surface area contributed by atoms with Crippen LogP contribution in [0, 0.1) is 5.82 Å². The zero-order chi connectivity index (χ0) is 19.4. The van der Waals surface area contributed by atoms with Crippen molar-refractivity contribution in [1.82, 2.24) is 15.3 Å². The number of nitrogens with two attached hydrogens (primary N) is 1. The Morgan fingerprint density at radius 1 is 1.33 bits per heavy atom. The molecule has 7 nitrogen and oxygen atoms in total. The summed E-state index contributed by atoms with van der Waals surface area (Å²) in [6.45, 7) is 0.106. The van der Waals surface area contributed by atoms with E-state index in [-0.39, 0.29) is 29.7 Å². The van der Waals surface area contributed by atoms with E-state index in [2.05, 4.69) is 20.6 Å². The minimum absolute atomic E-state index is 0.00483. The lowest BCUT2D eigenvalue weighted by Gasteiger charge is -2.14. The molecular weight excluding hydrogens is 373 g/mol. The third kappa shape index (κ3) is 4.07. The van der Waals surface area contributed by atoms with Crippen molar-refractivity contribution in [3.05, 3.63) is 53.1 Å². The number of halogens is 2. The van der Waals surface area contributed by atoms with Crippen LogP contribution in [-0.4, -0.2) is 29.5 Å². The number of benzene rings is 2. The van der Waals surface area contributed by atoms with E-state index in [0.29, 0.717) is 28.0 Å². The van der Waals surface area contributed by atoms with Gasteiger partial charge in [-0.05, 0) is 18.2 Å². The van der Waals surface area contributed by atoms with E-state index in [1.54, 1.807) is 24.3 Å². The molecular formula is C18H17ClFN5O2. The van der Waals surface area contributed by atoms with Gasteiger partial charge in [-0.15, -0.1) is 0 Å². The molecule has 0 spiro atoms. The standard InChI is InChI=1S/C18H17ClFN5O2/c1-27-15-6-14-11(5-10(15)8-22-16(26)7-21)18(24-9-23-14)25-13-4-2-3-12(19)17(13)20/h2-6,9H,7-8,21H2,1H3,(H,22,26)(H,23,24,25). The summed E-state index contributed by atoms with van der Waals surface area (Å²) in [6, 6.07) is 8.15. The van der Waals surface area contributed by atoms with E-state index in [1.165, 1.54) is 19.5 Å². The van der Waals surface area contributed by atoms with E-state index in [1.807, 2.05) is 0 Å². The highest BCUT2D eigenvalue weighted by Crippen LogP contribution is 2.31. The van der Waals surface area contributed by atoms with Crippen LogP contribution in [0.15, 0.2) is 36.7 Å².